The Morgan fingerprint density at radius 1 is 1.33 bits per heavy atom. The number of rotatable bonds is 3. The topological polar surface area (TPSA) is 50.9 Å². The molecule has 0 atom stereocenters. The summed E-state index contributed by atoms with van der Waals surface area (Å²) in [5.74, 6) is 0.719. The van der Waals surface area contributed by atoms with Crippen LogP contribution in [0.5, 0.6) is 0 Å². The minimum Gasteiger partial charge on any atom is -0.388 e. The zero-order chi connectivity index (χ0) is 13.1. The van der Waals surface area contributed by atoms with E-state index in [-0.39, 0.29) is 0 Å². The van der Waals surface area contributed by atoms with Crippen molar-refractivity contribution >= 4 is 44.6 Å². The largest absolute Gasteiger partial charge is 0.388 e. The van der Waals surface area contributed by atoms with Crippen LogP contribution < -0.4 is 11.1 Å². The smallest absolute Gasteiger partial charge is 0.131 e. The third-order valence-corrected chi connectivity index (χ3v) is 3.51. The molecule has 3 N–H and O–H groups in total. The average molecular weight is 322 g/mol. The van der Waals surface area contributed by atoms with E-state index in [0.29, 0.717) is 10.7 Å². The maximum absolute atomic E-state index is 5.55. The van der Waals surface area contributed by atoms with Crippen LogP contribution >= 0.6 is 28.1 Å². The van der Waals surface area contributed by atoms with Crippen molar-refractivity contribution < 1.29 is 0 Å². The maximum Gasteiger partial charge on any atom is 0.131 e. The number of hydrogen-bond acceptors (Lipinski definition) is 3. The molecule has 1 aromatic heterocycles. The number of halogens is 1. The molecule has 0 amide bonds. The van der Waals surface area contributed by atoms with Crippen LogP contribution in [0.3, 0.4) is 0 Å². The summed E-state index contributed by atoms with van der Waals surface area (Å²) in [5, 5.41) is 3.21. The third kappa shape index (κ3) is 3.05. The summed E-state index contributed by atoms with van der Waals surface area (Å²) in [4.78, 5) is 4.62. The Balaban J connectivity index is 2.25. The molecule has 0 fully saturated rings. The Morgan fingerprint density at radius 3 is 2.78 bits per heavy atom. The fourth-order valence-electron chi connectivity index (χ4n) is 1.46. The van der Waals surface area contributed by atoms with E-state index in [4.69, 9.17) is 18.0 Å². The molecule has 0 spiro atoms. The summed E-state index contributed by atoms with van der Waals surface area (Å²) >= 11 is 8.40. The van der Waals surface area contributed by atoms with Crippen LogP contribution in [-0.2, 0) is 0 Å². The second-order valence-corrected chi connectivity index (χ2v) is 5.16. The van der Waals surface area contributed by atoms with Gasteiger partial charge < -0.3 is 11.1 Å². The lowest BCUT2D eigenvalue weighted by molar-refractivity contribution is 1.27. The van der Waals surface area contributed by atoms with Crippen molar-refractivity contribution in [1.82, 2.24) is 4.98 Å². The van der Waals surface area contributed by atoms with E-state index in [2.05, 4.69) is 26.2 Å². The van der Waals surface area contributed by atoms with E-state index in [1.807, 2.05) is 37.3 Å². The molecule has 5 heteroatoms. The summed E-state index contributed by atoms with van der Waals surface area (Å²) in [6.07, 6.45) is 0. The molecule has 2 aromatic rings. The van der Waals surface area contributed by atoms with Gasteiger partial charge in [-0.2, -0.15) is 0 Å². The van der Waals surface area contributed by atoms with E-state index in [1.165, 1.54) is 5.56 Å². The molecule has 0 saturated carbocycles. The van der Waals surface area contributed by atoms with Gasteiger partial charge in [0.05, 0.1) is 5.69 Å². The number of anilines is 2. The van der Waals surface area contributed by atoms with Crippen molar-refractivity contribution in [2.24, 2.45) is 5.73 Å². The molecular formula is C13H12BrN3S. The van der Waals surface area contributed by atoms with Crippen LogP contribution in [0.2, 0.25) is 0 Å². The predicted octanol–water partition coefficient (Wildman–Crippen LogP) is 3.53. The molecule has 18 heavy (non-hydrogen) atoms. The minimum atomic E-state index is 0.295. The Morgan fingerprint density at radius 2 is 2.11 bits per heavy atom. The average Bonchev–Trinajstić information content (AvgIpc) is 2.34. The second-order valence-electron chi connectivity index (χ2n) is 3.86. The SMILES string of the molecule is Cc1ccc(Nc2cccc(C(N)=S)n2)cc1Br. The van der Waals surface area contributed by atoms with E-state index in [1.54, 1.807) is 6.07 Å². The lowest BCUT2D eigenvalue weighted by Gasteiger charge is -2.08. The van der Waals surface area contributed by atoms with Crippen molar-refractivity contribution in [3.63, 3.8) is 0 Å². The summed E-state index contributed by atoms with van der Waals surface area (Å²) in [7, 11) is 0. The van der Waals surface area contributed by atoms with E-state index >= 15 is 0 Å². The summed E-state index contributed by atoms with van der Waals surface area (Å²) in [6.45, 7) is 2.04. The highest BCUT2D eigenvalue weighted by Gasteiger charge is 2.02. The van der Waals surface area contributed by atoms with Gasteiger partial charge in [0.2, 0.25) is 0 Å². The third-order valence-electron chi connectivity index (χ3n) is 2.45. The van der Waals surface area contributed by atoms with Gasteiger partial charge in [0, 0.05) is 10.2 Å². The molecule has 1 heterocycles. The monoisotopic (exact) mass is 321 g/mol. The van der Waals surface area contributed by atoms with Gasteiger partial charge in [-0.05, 0) is 36.8 Å². The van der Waals surface area contributed by atoms with Crippen molar-refractivity contribution in [3.8, 4) is 0 Å². The molecule has 3 nitrogen and oxygen atoms in total. The zero-order valence-electron chi connectivity index (χ0n) is 9.77. The second kappa shape index (κ2) is 5.46. The first-order chi connectivity index (χ1) is 8.56. The van der Waals surface area contributed by atoms with Gasteiger partial charge in [0.25, 0.3) is 0 Å². The van der Waals surface area contributed by atoms with Crippen LogP contribution in [-0.4, -0.2) is 9.97 Å². The lowest BCUT2D eigenvalue weighted by Crippen LogP contribution is -2.12. The molecule has 0 aliphatic heterocycles. The summed E-state index contributed by atoms with van der Waals surface area (Å²) < 4.78 is 1.05. The zero-order valence-corrected chi connectivity index (χ0v) is 12.2. The highest BCUT2D eigenvalue weighted by molar-refractivity contribution is 9.10. The van der Waals surface area contributed by atoms with Crippen LogP contribution in [0.25, 0.3) is 0 Å². The number of hydrogen-bond donors (Lipinski definition) is 2. The van der Waals surface area contributed by atoms with Crippen molar-refractivity contribution in [2.45, 2.75) is 6.92 Å². The Hall–Kier alpha value is -1.46. The molecule has 0 bridgehead atoms. The van der Waals surface area contributed by atoms with Gasteiger partial charge in [0.15, 0.2) is 0 Å². The van der Waals surface area contributed by atoms with Gasteiger partial charge in [-0.25, -0.2) is 4.98 Å². The Bertz CT molecular complexity index is 599. The molecule has 1 aromatic carbocycles. The van der Waals surface area contributed by atoms with Gasteiger partial charge in [-0.1, -0.05) is 40.3 Å². The number of benzene rings is 1. The highest BCUT2D eigenvalue weighted by Crippen LogP contribution is 2.22. The van der Waals surface area contributed by atoms with Crippen molar-refractivity contribution in [1.29, 1.82) is 0 Å². The molecule has 0 saturated heterocycles. The molecular weight excluding hydrogens is 310 g/mol. The fraction of sp³-hybridized carbons (Fsp3) is 0.0769. The van der Waals surface area contributed by atoms with E-state index in [9.17, 15) is 0 Å². The standard InChI is InChI=1S/C13H12BrN3S/c1-8-5-6-9(7-10(8)14)16-12-4-2-3-11(17-12)13(15)18/h2-7H,1H3,(H2,15,18)(H,16,17). The van der Waals surface area contributed by atoms with Crippen LogP contribution in [0, 0.1) is 6.92 Å². The van der Waals surface area contributed by atoms with Crippen molar-refractivity contribution in [2.75, 3.05) is 5.32 Å². The van der Waals surface area contributed by atoms with Gasteiger partial charge in [-0.3, -0.25) is 0 Å². The molecule has 0 aliphatic carbocycles. The molecule has 92 valence electrons. The van der Waals surface area contributed by atoms with Crippen LogP contribution in [0.15, 0.2) is 40.9 Å². The first-order valence-corrected chi connectivity index (χ1v) is 6.56. The number of pyridine rings is 1. The number of nitrogens with one attached hydrogen (secondary N) is 1. The fourth-order valence-corrected chi connectivity index (χ4v) is 1.95. The van der Waals surface area contributed by atoms with Crippen LogP contribution in [0.4, 0.5) is 11.5 Å². The molecule has 0 unspecified atom stereocenters. The van der Waals surface area contributed by atoms with Gasteiger partial charge in [0.1, 0.15) is 10.8 Å². The minimum absolute atomic E-state index is 0.295. The first-order valence-electron chi connectivity index (χ1n) is 5.36. The number of nitrogens with zero attached hydrogens (tertiary/aromatic N) is 1. The number of nitrogens with two attached hydrogens (primary N) is 1. The summed E-state index contributed by atoms with van der Waals surface area (Å²) in [6, 6.07) is 11.6. The number of aryl methyl sites for hydroxylation is 1. The molecule has 0 aliphatic rings. The first kappa shape index (κ1) is 13.0. The highest BCUT2D eigenvalue weighted by atomic mass is 79.9. The molecule has 0 radical (unpaired) electrons. The molecule has 2 rings (SSSR count). The lowest BCUT2D eigenvalue weighted by atomic mass is 10.2. The Kier molecular flexibility index (Phi) is 3.93. The number of thiocarbonyl (C=S) groups is 1. The predicted molar refractivity (Wildman–Crippen MR) is 82.3 cm³/mol. The quantitative estimate of drug-likeness (QED) is 0.849. The number of aromatic nitrogens is 1. The maximum atomic E-state index is 5.55. The van der Waals surface area contributed by atoms with Crippen LogP contribution in [0.1, 0.15) is 11.3 Å². The summed E-state index contributed by atoms with van der Waals surface area (Å²) in [5.41, 5.74) is 8.31. The van der Waals surface area contributed by atoms with Gasteiger partial charge >= 0.3 is 0 Å². The van der Waals surface area contributed by atoms with E-state index < -0.39 is 0 Å². The normalized spacial score (nSPS) is 10.1. The van der Waals surface area contributed by atoms with E-state index in [0.717, 1.165) is 16.0 Å². The Labute approximate surface area is 120 Å². The van der Waals surface area contributed by atoms with Crippen molar-refractivity contribution in [3.05, 3.63) is 52.1 Å². The van der Waals surface area contributed by atoms with Gasteiger partial charge in [-0.15, -0.1) is 0 Å².